The van der Waals surface area contributed by atoms with Crippen molar-refractivity contribution in [2.45, 2.75) is 25.8 Å². The summed E-state index contributed by atoms with van der Waals surface area (Å²) in [4.78, 5) is 11.2. The number of amides is 1. The maximum absolute atomic E-state index is 11.6. The molecular formula is C10H20N2O5S. The lowest BCUT2D eigenvalue weighted by molar-refractivity contribution is 0.113. The molecule has 0 radical (unpaired) electrons. The molecule has 0 aromatic rings. The number of carbonyl (C=O) groups excluding carboxylic acids is 1. The molecule has 1 heterocycles. The highest BCUT2D eigenvalue weighted by Gasteiger charge is 2.27. The molecule has 0 bridgehead atoms. The maximum atomic E-state index is 11.6. The van der Waals surface area contributed by atoms with Gasteiger partial charge in [-0.3, -0.25) is 0 Å². The van der Waals surface area contributed by atoms with E-state index in [1.165, 1.54) is 4.31 Å². The SMILES string of the molecule is CCS(=O)(=O)N1CCC(NC(=O)OCCO)CC1. The van der Waals surface area contributed by atoms with Crippen LogP contribution in [0.15, 0.2) is 0 Å². The number of aliphatic hydroxyl groups excluding tert-OH is 1. The topological polar surface area (TPSA) is 95.9 Å². The fourth-order valence-corrected chi connectivity index (χ4v) is 2.94. The van der Waals surface area contributed by atoms with Gasteiger partial charge < -0.3 is 15.2 Å². The first-order chi connectivity index (χ1) is 8.49. The third kappa shape index (κ3) is 4.43. The van der Waals surface area contributed by atoms with Crippen LogP contribution in [0.2, 0.25) is 0 Å². The largest absolute Gasteiger partial charge is 0.447 e. The number of hydrogen-bond acceptors (Lipinski definition) is 5. The van der Waals surface area contributed by atoms with Crippen LogP contribution in [-0.4, -0.2) is 62.0 Å². The summed E-state index contributed by atoms with van der Waals surface area (Å²) in [7, 11) is -3.13. The van der Waals surface area contributed by atoms with Crippen molar-refractivity contribution in [2.24, 2.45) is 0 Å². The van der Waals surface area contributed by atoms with Crippen molar-refractivity contribution in [1.82, 2.24) is 9.62 Å². The van der Waals surface area contributed by atoms with Crippen LogP contribution in [-0.2, 0) is 14.8 Å². The molecule has 0 aliphatic carbocycles. The molecule has 1 amide bonds. The molecule has 8 heteroatoms. The number of ether oxygens (including phenoxy) is 1. The van der Waals surface area contributed by atoms with E-state index in [2.05, 4.69) is 10.1 Å². The number of aliphatic hydroxyl groups is 1. The summed E-state index contributed by atoms with van der Waals surface area (Å²) in [6.45, 7) is 2.21. The Kier molecular flexibility index (Phi) is 5.83. The molecule has 1 aliphatic heterocycles. The van der Waals surface area contributed by atoms with Crippen LogP contribution < -0.4 is 5.32 Å². The van der Waals surface area contributed by atoms with Crippen LogP contribution in [0.5, 0.6) is 0 Å². The van der Waals surface area contributed by atoms with E-state index in [4.69, 9.17) is 5.11 Å². The van der Waals surface area contributed by atoms with Crippen LogP contribution in [0.1, 0.15) is 19.8 Å². The fraction of sp³-hybridized carbons (Fsp3) is 0.900. The standard InChI is InChI=1S/C10H20N2O5S/c1-2-18(15,16)12-5-3-9(4-6-12)11-10(14)17-8-7-13/h9,13H,2-8H2,1H3,(H,11,14). The zero-order chi connectivity index (χ0) is 13.6. The molecule has 1 aliphatic rings. The Labute approximate surface area is 107 Å². The summed E-state index contributed by atoms with van der Waals surface area (Å²) < 4.78 is 29.3. The summed E-state index contributed by atoms with van der Waals surface area (Å²) in [5.74, 6) is 0.101. The Morgan fingerprint density at radius 3 is 2.56 bits per heavy atom. The number of nitrogens with one attached hydrogen (secondary N) is 1. The third-order valence-electron chi connectivity index (χ3n) is 2.86. The second-order valence-corrected chi connectivity index (χ2v) is 6.34. The van der Waals surface area contributed by atoms with Crippen molar-refractivity contribution >= 4 is 16.1 Å². The van der Waals surface area contributed by atoms with E-state index in [1.54, 1.807) is 6.92 Å². The molecule has 1 saturated heterocycles. The van der Waals surface area contributed by atoms with Crippen LogP contribution in [0.25, 0.3) is 0 Å². The second kappa shape index (κ2) is 6.91. The van der Waals surface area contributed by atoms with Gasteiger partial charge in [-0.2, -0.15) is 0 Å². The molecular weight excluding hydrogens is 260 g/mol. The summed E-state index contributed by atoms with van der Waals surface area (Å²) in [5, 5.41) is 11.1. The predicted octanol–water partition coefficient (Wildman–Crippen LogP) is -0.481. The molecule has 0 saturated carbocycles. The third-order valence-corrected chi connectivity index (χ3v) is 4.74. The van der Waals surface area contributed by atoms with Gasteiger partial charge in [0.2, 0.25) is 10.0 Å². The average molecular weight is 280 g/mol. The van der Waals surface area contributed by atoms with E-state index in [0.29, 0.717) is 25.9 Å². The quantitative estimate of drug-likeness (QED) is 0.709. The van der Waals surface area contributed by atoms with E-state index < -0.39 is 16.1 Å². The number of hydrogen-bond donors (Lipinski definition) is 2. The minimum Gasteiger partial charge on any atom is -0.447 e. The molecule has 1 rings (SSSR count). The normalized spacial score (nSPS) is 18.6. The van der Waals surface area contributed by atoms with E-state index >= 15 is 0 Å². The summed E-state index contributed by atoms with van der Waals surface area (Å²) in [6.07, 6.45) is 0.585. The van der Waals surface area contributed by atoms with Gasteiger partial charge in [-0.05, 0) is 19.8 Å². The average Bonchev–Trinajstić information content (AvgIpc) is 2.37. The molecule has 1 fully saturated rings. The Hall–Kier alpha value is -0.860. The Balaban J connectivity index is 2.34. The summed E-state index contributed by atoms with van der Waals surface area (Å²) >= 11 is 0. The van der Waals surface area contributed by atoms with Gasteiger partial charge in [0.1, 0.15) is 6.61 Å². The van der Waals surface area contributed by atoms with Gasteiger partial charge in [0.15, 0.2) is 0 Å². The van der Waals surface area contributed by atoms with E-state index in [9.17, 15) is 13.2 Å². The van der Waals surface area contributed by atoms with Gasteiger partial charge in [0, 0.05) is 19.1 Å². The van der Waals surface area contributed by atoms with E-state index in [1.807, 2.05) is 0 Å². The van der Waals surface area contributed by atoms with Crippen molar-refractivity contribution in [2.75, 3.05) is 32.1 Å². The molecule has 0 spiro atoms. The van der Waals surface area contributed by atoms with Gasteiger partial charge >= 0.3 is 6.09 Å². The molecule has 7 nitrogen and oxygen atoms in total. The van der Waals surface area contributed by atoms with Crippen LogP contribution in [0, 0.1) is 0 Å². The zero-order valence-electron chi connectivity index (χ0n) is 10.5. The van der Waals surface area contributed by atoms with E-state index in [0.717, 1.165) is 0 Å². The first kappa shape index (κ1) is 15.2. The number of carbonyl (C=O) groups is 1. The minimum absolute atomic E-state index is 0.0328. The predicted molar refractivity (Wildman–Crippen MR) is 65.6 cm³/mol. The molecule has 106 valence electrons. The second-order valence-electron chi connectivity index (χ2n) is 4.08. The van der Waals surface area contributed by atoms with Gasteiger partial charge in [-0.25, -0.2) is 17.5 Å². The van der Waals surface area contributed by atoms with Crippen molar-refractivity contribution in [3.63, 3.8) is 0 Å². The lowest BCUT2D eigenvalue weighted by Crippen LogP contribution is -2.47. The summed E-state index contributed by atoms with van der Waals surface area (Å²) in [5.41, 5.74) is 0. The molecule has 0 aromatic carbocycles. The molecule has 0 aromatic heterocycles. The summed E-state index contributed by atoms with van der Waals surface area (Å²) in [6, 6.07) is -0.0699. The zero-order valence-corrected chi connectivity index (χ0v) is 11.3. The molecule has 0 unspecified atom stereocenters. The highest BCUT2D eigenvalue weighted by atomic mass is 32.2. The first-order valence-corrected chi connectivity index (χ1v) is 7.62. The van der Waals surface area contributed by atoms with Crippen LogP contribution in [0.3, 0.4) is 0 Å². The van der Waals surface area contributed by atoms with Crippen LogP contribution in [0.4, 0.5) is 4.79 Å². The van der Waals surface area contributed by atoms with E-state index in [-0.39, 0.29) is 25.0 Å². The van der Waals surface area contributed by atoms with Gasteiger partial charge in [-0.15, -0.1) is 0 Å². The van der Waals surface area contributed by atoms with Gasteiger partial charge in [-0.1, -0.05) is 0 Å². The molecule has 0 atom stereocenters. The minimum atomic E-state index is -3.13. The first-order valence-electron chi connectivity index (χ1n) is 6.01. The van der Waals surface area contributed by atoms with Crippen molar-refractivity contribution < 1.29 is 23.1 Å². The number of rotatable bonds is 5. The Bertz CT molecular complexity index is 362. The number of alkyl carbamates (subject to hydrolysis) is 1. The highest BCUT2D eigenvalue weighted by molar-refractivity contribution is 7.89. The van der Waals surface area contributed by atoms with Gasteiger partial charge in [0.05, 0.1) is 12.4 Å². The Morgan fingerprint density at radius 1 is 1.44 bits per heavy atom. The van der Waals surface area contributed by atoms with Gasteiger partial charge in [0.25, 0.3) is 0 Å². The smallest absolute Gasteiger partial charge is 0.407 e. The van der Waals surface area contributed by atoms with Crippen LogP contribution >= 0.6 is 0 Å². The monoisotopic (exact) mass is 280 g/mol. The highest BCUT2D eigenvalue weighted by Crippen LogP contribution is 2.14. The molecule has 2 N–H and O–H groups in total. The number of sulfonamides is 1. The van der Waals surface area contributed by atoms with Crippen molar-refractivity contribution in [1.29, 1.82) is 0 Å². The fourth-order valence-electron chi connectivity index (χ4n) is 1.81. The van der Waals surface area contributed by atoms with Crippen molar-refractivity contribution in [3.05, 3.63) is 0 Å². The van der Waals surface area contributed by atoms with Crippen molar-refractivity contribution in [3.8, 4) is 0 Å². The number of piperidine rings is 1. The Morgan fingerprint density at radius 2 is 2.06 bits per heavy atom. The molecule has 18 heavy (non-hydrogen) atoms. The maximum Gasteiger partial charge on any atom is 0.407 e. The lowest BCUT2D eigenvalue weighted by Gasteiger charge is -2.31. The lowest BCUT2D eigenvalue weighted by atomic mass is 10.1. The number of nitrogens with zero attached hydrogens (tertiary/aromatic N) is 1.